The van der Waals surface area contributed by atoms with Gasteiger partial charge in [-0.3, -0.25) is 0 Å². The van der Waals surface area contributed by atoms with E-state index in [4.69, 9.17) is 0 Å². The molecule has 0 radical (unpaired) electrons. The lowest BCUT2D eigenvalue weighted by Crippen LogP contribution is -2.39. The third-order valence-electron chi connectivity index (χ3n) is 1.60. The Morgan fingerprint density at radius 2 is 2.60 bits per heavy atom. The summed E-state index contributed by atoms with van der Waals surface area (Å²) >= 11 is 0. The number of carbonyl (C=O) groups excluding carboxylic acids is 1. The Balaban J connectivity index is 2.81. The summed E-state index contributed by atoms with van der Waals surface area (Å²) in [7, 11) is 0. The van der Waals surface area contributed by atoms with E-state index in [9.17, 15) is 9.90 Å². The number of hydrogen-bond donors (Lipinski definition) is 1. The molecule has 0 saturated carbocycles. The first-order chi connectivity index (χ1) is 4.69. The third kappa shape index (κ3) is 1.04. The lowest BCUT2D eigenvalue weighted by molar-refractivity contribution is -0.161. The van der Waals surface area contributed by atoms with E-state index in [1.807, 2.05) is 0 Å². The van der Waals surface area contributed by atoms with Crippen molar-refractivity contribution >= 4 is 5.97 Å². The van der Waals surface area contributed by atoms with E-state index in [0.29, 0.717) is 6.42 Å². The Bertz CT molecular complexity index is 174. The molecule has 0 spiro atoms. The molecule has 1 atom stereocenters. The van der Waals surface area contributed by atoms with E-state index in [1.165, 1.54) is 6.08 Å². The van der Waals surface area contributed by atoms with Crippen LogP contribution in [0.25, 0.3) is 0 Å². The van der Waals surface area contributed by atoms with E-state index in [0.717, 1.165) is 0 Å². The molecule has 0 aliphatic carbocycles. The van der Waals surface area contributed by atoms with Gasteiger partial charge in [0.2, 0.25) is 0 Å². The van der Waals surface area contributed by atoms with Crippen LogP contribution >= 0.6 is 0 Å². The van der Waals surface area contributed by atoms with E-state index in [1.54, 1.807) is 13.0 Å². The van der Waals surface area contributed by atoms with Crippen LogP contribution in [-0.4, -0.2) is 23.3 Å². The lowest BCUT2D eigenvalue weighted by Gasteiger charge is -2.23. The Kier molecular flexibility index (Phi) is 1.76. The van der Waals surface area contributed by atoms with Gasteiger partial charge in [0, 0.05) is 0 Å². The van der Waals surface area contributed by atoms with Gasteiger partial charge < -0.3 is 9.84 Å². The zero-order chi connectivity index (χ0) is 7.61. The molecule has 10 heavy (non-hydrogen) atoms. The molecule has 3 heteroatoms. The standard InChI is InChI=1S/C7H10O3/c1-2-7(9)4-3-5-10-6(7)8/h3-4,9H,2,5H2,1H3/t7-/m1/s1. The summed E-state index contributed by atoms with van der Waals surface area (Å²) in [4.78, 5) is 10.8. The lowest BCUT2D eigenvalue weighted by atomic mass is 9.99. The van der Waals surface area contributed by atoms with Crippen molar-refractivity contribution in [3.63, 3.8) is 0 Å². The molecule has 0 bridgehead atoms. The van der Waals surface area contributed by atoms with Crippen LogP contribution in [0.5, 0.6) is 0 Å². The molecular formula is C7H10O3. The molecule has 0 fully saturated rings. The van der Waals surface area contributed by atoms with Crippen molar-refractivity contribution in [3.8, 4) is 0 Å². The van der Waals surface area contributed by atoms with Gasteiger partial charge >= 0.3 is 5.97 Å². The van der Waals surface area contributed by atoms with E-state index in [2.05, 4.69) is 4.74 Å². The quantitative estimate of drug-likeness (QED) is 0.421. The largest absolute Gasteiger partial charge is 0.459 e. The van der Waals surface area contributed by atoms with Gasteiger partial charge in [-0.25, -0.2) is 4.79 Å². The molecule has 56 valence electrons. The maximum Gasteiger partial charge on any atom is 0.342 e. The normalized spacial score (nSPS) is 32.0. The van der Waals surface area contributed by atoms with Crippen LogP contribution < -0.4 is 0 Å². The number of ether oxygens (including phenoxy) is 1. The van der Waals surface area contributed by atoms with Gasteiger partial charge in [-0.05, 0) is 18.6 Å². The van der Waals surface area contributed by atoms with Gasteiger partial charge in [0.15, 0.2) is 5.60 Å². The molecule has 1 aliphatic rings. The first kappa shape index (κ1) is 7.28. The highest BCUT2D eigenvalue weighted by Gasteiger charge is 2.34. The zero-order valence-electron chi connectivity index (χ0n) is 5.83. The first-order valence-electron chi connectivity index (χ1n) is 3.26. The van der Waals surface area contributed by atoms with Crippen LogP contribution in [0.1, 0.15) is 13.3 Å². The molecule has 1 aliphatic heterocycles. The Morgan fingerprint density at radius 3 is 3.00 bits per heavy atom. The second-order valence-corrected chi connectivity index (χ2v) is 2.28. The summed E-state index contributed by atoms with van der Waals surface area (Å²) in [5.41, 5.74) is -1.36. The molecule has 1 rings (SSSR count). The van der Waals surface area contributed by atoms with Crippen LogP contribution in [0.2, 0.25) is 0 Å². The molecule has 0 unspecified atom stereocenters. The van der Waals surface area contributed by atoms with Crippen LogP contribution in [0, 0.1) is 0 Å². The minimum Gasteiger partial charge on any atom is -0.459 e. The highest BCUT2D eigenvalue weighted by atomic mass is 16.5. The molecule has 0 saturated heterocycles. The van der Waals surface area contributed by atoms with Crippen molar-refractivity contribution in [2.45, 2.75) is 18.9 Å². The minimum atomic E-state index is -1.36. The summed E-state index contributed by atoms with van der Waals surface area (Å²) in [5.74, 6) is -0.544. The highest BCUT2D eigenvalue weighted by molar-refractivity contribution is 5.82. The van der Waals surface area contributed by atoms with Crippen LogP contribution in [0.3, 0.4) is 0 Å². The fourth-order valence-electron chi connectivity index (χ4n) is 0.822. The van der Waals surface area contributed by atoms with Crippen molar-refractivity contribution in [2.24, 2.45) is 0 Å². The average Bonchev–Trinajstić information content (AvgIpc) is 1.96. The van der Waals surface area contributed by atoms with Gasteiger partial charge in [0.05, 0.1) is 0 Å². The highest BCUT2D eigenvalue weighted by Crippen LogP contribution is 2.17. The maximum absolute atomic E-state index is 10.8. The van der Waals surface area contributed by atoms with E-state index >= 15 is 0 Å². The monoisotopic (exact) mass is 142 g/mol. The molecule has 1 N–H and O–H groups in total. The van der Waals surface area contributed by atoms with Gasteiger partial charge in [0.1, 0.15) is 6.61 Å². The molecule has 0 amide bonds. The number of rotatable bonds is 1. The summed E-state index contributed by atoms with van der Waals surface area (Å²) < 4.78 is 4.61. The Hall–Kier alpha value is -0.830. The number of esters is 1. The van der Waals surface area contributed by atoms with Crippen LogP contribution in [0.15, 0.2) is 12.2 Å². The fraction of sp³-hybridized carbons (Fsp3) is 0.571. The minimum absolute atomic E-state index is 0.279. The third-order valence-corrected chi connectivity index (χ3v) is 1.60. The molecular weight excluding hydrogens is 132 g/mol. The topological polar surface area (TPSA) is 46.5 Å². The van der Waals surface area contributed by atoms with Crippen molar-refractivity contribution in [3.05, 3.63) is 12.2 Å². The average molecular weight is 142 g/mol. The fourth-order valence-corrected chi connectivity index (χ4v) is 0.822. The number of hydrogen-bond acceptors (Lipinski definition) is 3. The van der Waals surface area contributed by atoms with Crippen molar-refractivity contribution in [2.75, 3.05) is 6.61 Å². The van der Waals surface area contributed by atoms with Crippen LogP contribution in [0.4, 0.5) is 0 Å². The molecule has 1 heterocycles. The molecule has 3 nitrogen and oxygen atoms in total. The predicted molar refractivity (Wildman–Crippen MR) is 35.3 cm³/mol. The summed E-state index contributed by atoms with van der Waals surface area (Å²) in [5, 5.41) is 9.39. The van der Waals surface area contributed by atoms with Gasteiger partial charge in [-0.15, -0.1) is 0 Å². The summed E-state index contributed by atoms with van der Waals surface area (Å²) in [6.45, 7) is 2.01. The van der Waals surface area contributed by atoms with Gasteiger partial charge in [0.25, 0.3) is 0 Å². The Labute approximate surface area is 59.3 Å². The smallest absolute Gasteiger partial charge is 0.342 e. The molecule has 0 aromatic heterocycles. The number of cyclic esters (lactones) is 1. The van der Waals surface area contributed by atoms with Gasteiger partial charge in [-0.1, -0.05) is 6.92 Å². The van der Waals surface area contributed by atoms with Crippen LogP contribution in [-0.2, 0) is 9.53 Å². The number of aliphatic hydroxyl groups is 1. The van der Waals surface area contributed by atoms with E-state index < -0.39 is 11.6 Å². The first-order valence-corrected chi connectivity index (χ1v) is 3.26. The van der Waals surface area contributed by atoms with Crippen molar-refractivity contribution in [1.29, 1.82) is 0 Å². The molecule has 0 aromatic rings. The zero-order valence-corrected chi connectivity index (χ0v) is 5.83. The SMILES string of the molecule is CC[C@@]1(O)C=CCOC1=O. The van der Waals surface area contributed by atoms with Gasteiger partial charge in [-0.2, -0.15) is 0 Å². The maximum atomic E-state index is 10.8. The second-order valence-electron chi connectivity index (χ2n) is 2.28. The second kappa shape index (κ2) is 2.42. The van der Waals surface area contributed by atoms with Crippen molar-refractivity contribution < 1.29 is 14.6 Å². The summed E-state index contributed by atoms with van der Waals surface area (Å²) in [6.07, 6.45) is 3.49. The summed E-state index contributed by atoms with van der Waals surface area (Å²) in [6, 6.07) is 0. The Morgan fingerprint density at radius 1 is 1.90 bits per heavy atom. The number of carbonyl (C=O) groups is 1. The predicted octanol–water partition coefficient (Wildman–Crippen LogP) is 0.240. The molecule has 0 aromatic carbocycles. The van der Waals surface area contributed by atoms with E-state index in [-0.39, 0.29) is 6.61 Å². The van der Waals surface area contributed by atoms with Crippen molar-refractivity contribution in [1.82, 2.24) is 0 Å².